The van der Waals surface area contributed by atoms with Gasteiger partial charge in [-0.05, 0) is 62.9 Å². The molecule has 2 aromatic rings. The summed E-state index contributed by atoms with van der Waals surface area (Å²) >= 11 is 0. The predicted octanol–water partition coefficient (Wildman–Crippen LogP) is 5.12. The Bertz CT molecular complexity index is 998. The van der Waals surface area contributed by atoms with E-state index in [1.165, 1.54) is 17.0 Å². The molecule has 1 amide bonds. The van der Waals surface area contributed by atoms with Crippen LogP contribution in [-0.4, -0.2) is 35.0 Å². The quantitative estimate of drug-likeness (QED) is 0.617. The normalized spacial score (nSPS) is 15.0. The number of hydrogen-bond donors (Lipinski definition) is 0. The Morgan fingerprint density at radius 1 is 1.10 bits per heavy atom. The van der Waals surface area contributed by atoms with E-state index in [-0.39, 0.29) is 23.3 Å². The van der Waals surface area contributed by atoms with Crippen LogP contribution in [0.1, 0.15) is 50.5 Å². The molecule has 1 aliphatic rings. The lowest BCUT2D eigenvalue weighted by Gasteiger charge is -2.37. The molecule has 5 nitrogen and oxygen atoms in total. The van der Waals surface area contributed by atoms with E-state index >= 15 is 0 Å². The molecule has 0 saturated carbocycles. The number of amides is 1. The van der Waals surface area contributed by atoms with Crippen molar-refractivity contribution in [3.05, 3.63) is 59.2 Å². The average molecular weight is 431 g/mol. The van der Waals surface area contributed by atoms with Gasteiger partial charge >= 0.3 is 5.97 Å². The fraction of sp³-hybridized carbons (Fsp3) is 0.417. The summed E-state index contributed by atoms with van der Waals surface area (Å²) in [5.41, 5.74) is 0.543. The zero-order valence-electron chi connectivity index (χ0n) is 18.4. The van der Waals surface area contributed by atoms with Gasteiger partial charge in [0.05, 0.1) is 0 Å². The molecule has 0 saturated heterocycles. The zero-order chi connectivity index (χ0) is 22.9. The molecule has 0 radical (unpaired) electrons. The van der Waals surface area contributed by atoms with Crippen LogP contribution in [-0.2, 0) is 16.0 Å². The standard InChI is InChI=1S/C24H27F2NO4/c1-14(2)21(23(29)31-24(3,4)5)27-11-10-15-6-8-17(13-18(15)22(27)28)30-20-9-7-16(25)12-19(20)26/h6-9,12-14,21H,10-11H2,1-5H3/t21-/m1/s1. The van der Waals surface area contributed by atoms with Crippen molar-refractivity contribution in [1.29, 1.82) is 0 Å². The van der Waals surface area contributed by atoms with Gasteiger partial charge in [-0.3, -0.25) is 4.79 Å². The van der Waals surface area contributed by atoms with Crippen molar-refractivity contribution >= 4 is 11.9 Å². The van der Waals surface area contributed by atoms with Gasteiger partial charge in [-0.1, -0.05) is 19.9 Å². The van der Waals surface area contributed by atoms with Crippen molar-refractivity contribution in [3.63, 3.8) is 0 Å². The first-order valence-electron chi connectivity index (χ1n) is 10.3. The summed E-state index contributed by atoms with van der Waals surface area (Å²) < 4.78 is 38.1. The van der Waals surface area contributed by atoms with Gasteiger partial charge in [0.25, 0.3) is 5.91 Å². The summed E-state index contributed by atoms with van der Waals surface area (Å²) in [6.45, 7) is 9.48. The summed E-state index contributed by atoms with van der Waals surface area (Å²) in [4.78, 5) is 27.6. The minimum atomic E-state index is -0.838. The molecule has 0 spiro atoms. The van der Waals surface area contributed by atoms with Crippen LogP contribution in [0, 0.1) is 17.6 Å². The van der Waals surface area contributed by atoms with E-state index in [2.05, 4.69) is 0 Å². The Morgan fingerprint density at radius 3 is 2.42 bits per heavy atom. The lowest BCUT2D eigenvalue weighted by Crippen LogP contribution is -2.52. The molecule has 0 unspecified atom stereocenters. The summed E-state index contributed by atoms with van der Waals surface area (Å²) in [6, 6.07) is 7.21. The van der Waals surface area contributed by atoms with Gasteiger partial charge in [0.1, 0.15) is 23.2 Å². The topological polar surface area (TPSA) is 55.8 Å². The number of nitrogens with zero attached hydrogens (tertiary/aromatic N) is 1. The smallest absolute Gasteiger partial charge is 0.329 e. The summed E-state index contributed by atoms with van der Waals surface area (Å²) in [7, 11) is 0. The minimum absolute atomic E-state index is 0.143. The summed E-state index contributed by atoms with van der Waals surface area (Å²) in [5.74, 6) is -2.34. The Kier molecular flexibility index (Phi) is 6.34. The molecule has 0 aliphatic carbocycles. The Morgan fingerprint density at radius 2 is 1.81 bits per heavy atom. The highest BCUT2D eigenvalue weighted by molar-refractivity contribution is 5.99. The lowest BCUT2D eigenvalue weighted by atomic mass is 9.94. The first-order chi connectivity index (χ1) is 14.5. The van der Waals surface area contributed by atoms with Crippen LogP contribution < -0.4 is 4.74 Å². The van der Waals surface area contributed by atoms with Crippen molar-refractivity contribution < 1.29 is 27.8 Å². The second-order valence-corrected chi connectivity index (χ2v) is 8.97. The maximum atomic E-state index is 13.9. The van der Waals surface area contributed by atoms with Gasteiger partial charge in [0.15, 0.2) is 11.6 Å². The van der Waals surface area contributed by atoms with Crippen LogP contribution in [0.5, 0.6) is 11.5 Å². The predicted molar refractivity (Wildman–Crippen MR) is 112 cm³/mol. The zero-order valence-corrected chi connectivity index (χ0v) is 18.4. The average Bonchev–Trinajstić information content (AvgIpc) is 2.65. The van der Waals surface area contributed by atoms with Gasteiger partial charge in [-0.2, -0.15) is 0 Å². The van der Waals surface area contributed by atoms with Crippen LogP contribution in [0.4, 0.5) is 8.78 Å². The molecule has 2 aromatic carbocycles. The van der Waals surface area contributed by atoms with Gasteiger partial charge in [0, 0.05) is 18.2 Å². The van der Waals surface area contributed by atoms with Crippen molar-refractivity contribution in [2.45, 2.75) is 52.7 Å². The SMILES string of the molecule is CC(C)[C@H](C(=O)OC(C)(C)C)N1CCc2ccc(Oc3ccc(F)cc3F)cc2C1=O. The van der Waals surface area contributed by atoms with Crippen molar-refractivity contribution in [2.75, 3.05) is 6.54 Å². The Balaban J connectivity index is 1.88. The molecule has 1 aliphatic heterocycles. The first-order valence-corrected chi connectivity index (χ1v) is 10.3. The molecule has 0 aromatic heterocycles. The summed E-state index contributed by atoms with van der Waals surface area (Å²) in [6.07, 6.45) is 0.568. The number of carbonyl (C=O) groups is 2. The molecule has 0 bridgehead atoms. The monoisotopic (exact) mass is 431 g/mol. The molecular formula is C24H27F2NO4. The Hall–Kier alpha value is -2.96. The van der Waals surface area contributed by atoms with Gasteiger partial charge in [-0.15, -0.1) is 0 Å². The van der Waals surface area contributed by atoms with Gasteiger partial charge in [0.2, 0.25) is 0 Å². The third kappa shape index (κ3) is 5.21. The first kappa shape index (κ1) is 22.7. The molecule has 1 heterocycles. The minimum Gasteiger partial charge on any atom is -0.458 e. The van der Waals surface area contributed by atoms with E-state index in [9.17, 15) is 18.4 Å². The third-order valence-corrected chi connectivity index (χ3v) is 4.93. The molecule has 166 valence electrons. The number of rotatable bonds is 5. The number of ether oxygens (including phenoxy) is 2. The maximum Gasteiger partial charge on any atom is 0.329 e. The van der Waals surface area contributed by atoms with Crippen LogP contribution in [0.3, 0.4) is 0 Å². The highest BCUT2D eigenvalue weighted by Gasteiger charge is 2.38. The van der Waals surface area contributed by atoms with Crippen molar-refractivity contribution in [2.24, 2.45) is 5.92 Å². The fourth-order valence-electron chi connectivity index (χ4n) is 3.61. The van der Waals surface area contributed by atoms with Crippen LogP contribution in [0.25, 0.3) is 0 Å². The van der Waals surface area contributed by atoms with E-state index in [1.807, 2.05) is 13.8 Å². The van der Waals surface area contributed by atoms with E-state index in [0.29, 0.717) is 18.5 Å². The van der Waals surface area contributed by atoms with E-state index in [4.69, 9.17) is 9.47 Å². The number of hydrogen-bond acceptors (Lipinski definition) is 4. The number of esters is 1. The maximum absolute atomic E-state index is 13.9. The second-order valence-electron chi connectivity index (χ2n) is 8.97. The van der Waals surface area contributed by atoms with E-state index in [1.54, 1.807) is 32.9 Å². The number of benzene rings is 2. The van der Waals surface area contributed by atoms with Crippen molar-refractivity contribution in [1.82, 2.24) is 4.90 Å². The molecule has 31 heavy (non-hydrogen) atoms. The number of carbonyl (C=O) groups excluding carboxylic acids is 2. The van der Waals surface area contributed by atoms with E-state index in [0.717, 1.165) is 17.7 Å². The summed E-state index contributed by atoms with van der Waals surface area (Å²) in [5, 5.41) is 0. The van der Waals surface area contributed by atoms with E-state index < -0.39 is 29.2 Å². The highest BCUT2D eigenvalue weighted by atomic mass is 19.1. The second kappa shape index (κ2) is 8.65. The number of halogens is 2. The number of fused-ring (bicyclic) bond motifs is 1. The third-order valence-electron chi connectivity index (χ3n) is 4.93. The molecule has 7 heteroatoms. The van der Waals surface area contributed by atoms with Crippen LogP contribution >= 0.6 is 0 Å². The van der Waals surface area contributed by atoms with Crippen LogP contribution in [0.2, 0.25) is 0 Å². The van der Waals surface area contributed by atoms with Crippen molar-refractivity contribution in [3.8, 4) is 11.5 Å². The molecule has 0 fully saturated rings. The Labute approximate surface area is 181 Å². The lowest BCUT2D eigenvalue weighted by molar-refractivity contribution is -0.162. The molecular weight excluding hydrogens is 404 g/mol. The van der Waals surface area contributed by atoms with Gasteiger partial charge in [-0.25, -0.2) is 13.6 Å². The molecule has 1 atom stereocenters. The largest absolute Gasteiger partial charge is 0.458 e. The van der Waals surface area contributed by atoms with Gasteiger partial charge < -0.3 is 14.4 Å². The molecule has 3 rings (SSSR count). The fourth-order valence-corrected chi connectivity index (χ4v) is 3.61. The molecule has 0 N–H and O–H groups in total. The highest BCUT2D eigenvalue weighted by Crippen LogP contribution is 2.31. The van der Waals surface area contributed by atoms with Crippen LogP contribution in [0.15, 0.2) is 36.4 Å².